The molecule has 0 amide bonds. The maximum Gasteiger partial charge on any atom is 0.526 e. The van der Waals surface area contributed by atoms with Gasteiger partial charge in [0.15, 0.2) is 5.78 Å². The van der Waals surface area contributed by atoms with E-state index in [4.69, 9.17) is 4.65 Å². The minimum Gasteiger partial charge on any atom is -0.535 e. The van der Waals surface area contributed by atoms with Crippen LogP contribution in [0.15, 0.2) is 18.2 Å². The smallest absolute Gasteiger partial charge is 0.526 e. The highest BCUT2D eigenvalue weighted by Crippen LogP contribution is 2.38. The molecule has 2 aliphatic rings. The van der Waals surface area contributed by atoms with E-state index in [0.29, 0.717) is 42.4 Å². The second-order valence-corrected chi connectivity index (χ2v) is 9.23. The molecule has 0 bridgehead atoms. The first kappa shape index (κ1) is 23.0. The quantitative estimate of drug-likeness (QED) is 0.323. The molecule has 0 spiro atoms. The molecular formula is C24H36BNO4. The molecule has 164 valence electrons. The summed E-state index contributed by atoms with van der Waals surface area (Å²) in [6.07, 6.45) is 8.74. The maximum absolute atomic E-state index is 12.7. The zero-order valence-electron chi connectivity index (χ0n) is 18.5. The highest BCUT2D eigenvalue weighted by atomic mass is 16.5. The lowest BCUT2D eigenvalue weighted by Crippen LogP contribution is -2.35. The number of unbranched alkanes of at least 4 members (excludes halogenated alkanes) is 2. The summed E-state index contributed by atoms with van der Waals surface area (Å²) in [6, 6.07) is 5.47. The van der Waals surface area contributed by atoms with Crippen molar-refractivity contribution in [2.75, 3.05) is 13.1 Å². The monoisotopic (exact) mass is 413 g/mol. The number of Topliss-reactive ketones (excluding diaryl/α,β-unsaturated/α-hetero) is 2. The molecule has 1 aliphatic heterocycles. The van der Waals surface area contributed by atoms with Gasteiger partial charge in [0.25, 0.3) is 0 Å². The van der Waals surface area contributed by atoms with Gasteiger partial charge in [-0.25, -0.2) is 0 Å². The van der Waals surface area contributed by atoms with Crippen LogP contribution in [0, 0.1) is 11.8 Å². The highest BCUT2D eigenvalue weighted by Gasteiger charge is 2.38. The van der Waals surface area contributed by atoms with E-state index in [1.165, 1.54) is 32.6 Å². The molecule has 6 heteroatoms. The van der Waals surface area contributed by atoms with Gasteiger partial charge >= 0.3 is 7.12 Å². The average Bonchev–Trinajstić information content (AvgIpc) is 3.15. The molecule has 1 aromatic rings. The van der Waals surface area contributed by atoms with Gasteiger partial charge in [0.05, 0.1) is 5.56 Å². The third-order valence-corrected chi connectivity index (χ3v) is 6.65. The van der Waals surface area contributed by atoms with E-state index in [0.717, 1.165) is 31.5 Å². The summed E-state index contributed by atoms with van der Waals surface area (Å²) in [4.78, 5) is 24.5. The predicted octanol–water partition coefficient (Wildman–Crippen LogP) is 4.22. The Balaban J connectivity index is 1.44. The number of hydrogen-bond acceptors (Lipinski definition) is 5. The summed E-state index contributed by atoms with van der Waals surface area (Å²) >= 11 is 0. The normalized spacial score (nSPS) is 23.2. The fourth-order valence-electron chi connectivity index (χ4n) is 4.99. The van der Waals surface area contributed by atoms with E-state index in [-0.39, 0.29) is 17.4 Å². The van der Waals surface area contributed by atoms with Crippen LogP contribution in [-0.4, -0.2) is 36.8 Å². The number of benzene rings is 1. The third kappa shape index (κ3) is 6.18. The van der Waals surface area contributed by atoms with E-state index < -0.39 is 7.12 Å². The van der Waals surface area contributed by atoms with E-state index in [1.807, 2.05) is 12.1 Å². The van der Waals surface area contributed by atoms with Crippen molar-refractivity contribution in [3.05, 3.63) is 29.3 Å². The van der Waals surface area contributed by atoms with Gasteiger partial charge in [-0.1, -0.05) is 31.9 Å². The van der Waals surface area contributed by atoms with Crippen molar-refractivity contribution in [1.82, 2.24) is 5.32 Å². The summed E-state index contributed by atoms with van der Waals surface area (Å²) in [7, 11) is -1.04. The zero-order chi connectivity index (χ0) is 21.5. The molecule has 5 nitrogen and oxygen atoms in total. The van der Waals surface area contributed by atoms with Crippen LogP contribution in [0.4, 0.5) is 0 Å². The number of hydrogen-bond donors (Lipinski definition) is 2. The van der Waals surface area contributed by atoms with Gasteiger partial charge in [-0.15, -0.1) is 0 Å². The summed E-state index contributed by atoms with van der Waals surface area (Å²) in [5, 5.41) is 14.0. The minimum atomic E-state index is -1.04. The Morgan fingerprint density at radius 2 is 2.00 bits per heavy atom. The van der Waals surface area contributed by atoms with Crippen molar-refractivity contribution in [2.45, 2.75) is 77.5 Å². The van der Waals surface area contributed by atoms with E-state index >= 15 is 0 Å². The van der Waals surface area contributed by atoms with E-state index in [2.05, 4.69) is 12.2 Å². The van der Waals surface area contributed by atoms with Crippen LogP contribution in [-0.2, 0) is 11.2 Å². The lowest BCUT2D eigenvalue weighted by Gasteiger charge is -2.28. The Kier molecular flexibility index (Phi) is 8.52. The van der Waals surface area contributed by atoms with Crippen LogP contribution in [0.3, 0.4) is 0 Å². The molecule has 1 aliphatic carbocycles. The van der Waals surface area contributed by atoms with Gasteiger partial charge in [-0.3, -0.25) is 9.59 Å². The standard InChI is InChI=1S/C24H36BNO4/c1-3-4-5-11-26-16-19-10-9-18(12-19)13-22(28)15-21-14-20-7-6-8-23(17(2)27)24(20)30-25(21)29/h6-8,18-19,21,26,29H,3-5,9-16H2,1-2H3/t18?,19?,21-/m1/s1. The van der Waals surface area contributed by atoms with E-state index in [1.54, 1.807) is 6.07 Å². The molecule has 0 aromatic heterocycles. The lowest BCUT2D eigenvalue weighted by molar-refractivity contribution is -0.120. The van der Waals surface area contributed by atoms with Crippen LogP contribution >= 0.6 is 0 Å². The molecule has 2 N–H and O–H groups in total. The first-order chi connectivity index (χ1) is 14.5. The first-order valence-electron chi connectivity index (χ1n) is 11.7. The maximum atomic E-state index is 12.7. The summed E-state index contributed by atoms with van der Waals surface area (Å²) in [5.41, 5.74) is 1.40. The van der Waals surface area contributed by atoms with Crippen molar-refractivity contribution in [3.8, 4) is 5.75 Å². The minimum absolute atomic E-state index is 0.0794. The van der Waals surface area contributed by atoms with Gasteiger partial charge in [0, 0.05) is 18.7 Å². The summed E-state index contributed by atoms with van der Waals surface area (Å²) < 4.78 is 5.67. The Morgan fingerprint density at radius 1 is 1.20 bits per heavy atom. The number of nitrogens with one attached hydrogen (secondary N) is 1. The number of carbonyl (C=O) groups is 2. The van der Waals surface area contributed by atoms with Gasteiger partial charge in [-0.05, 0) is 75.6 Å². The molecule has 1 heterocycles. The average molecular weight is 413 g/mol. The number of para-hydroxylation sites is 1. The molecule has 0 radical (unpaired) electrons. The molecule has 0 saturated heterocycles. The van der Waals surface area contributed by atoms with Crippen molar-refractivity contribution >= 4 is 18.7 Å². The van der Waals surface area contributed by atoms with Gasteiger partial charge in [-0.2, -0.15) is 0 Å². The second kappa shape index (κ2) is 11.1. The van der Waals surface area contributed by atoms with Crippen LogP contribution in [0.1, 0.15) is 81.1 Å². The van der Waals surface area contributed by atoms with E-state index in [9.17, 15) is 14.6 Å². The number of ketones is 2. The number of carbonyl (C=O) groups excluding carboxylic acids is 2. The van der Waals surface area contributed by atoms with Crippen molar-refractivity contribution in [3.63, 3.8) is 0 Å². The van der Waals surface area contributed by atoms with Crippen LogP contribution in [0.25, 0.3) is 0 Å². The topological polar surface area (TPSA) is 75.6 Å². The fourth-order valence-corrected chi connectivity index (χ4v) is 4.99. The van der Waals surface area contributed by atoms with Gasteiger partial charge in [0.2, 0.25) is 0 Å². The molecular weight excluding hydrogens is 377 g/mol. The molecule has 2 unspecified atom stereocenters. The molecule has 1 aromatic carbocycles. The number of fused-ring (bicyclic) bond motifs is 1. The molecule has 30 heavy (non-hydrogen) atoms. The van der Waals surface area contributed by atoms with Crippen molar-refractivity contribution in [2.24, 2.45) is 11.8 Å². The van der Waals surface area contributed by atoms with Crippen LogP contribution in [0.2, 0.25) is 5.82 Å². The molecule has 3 rings (SSSR count). The zero-order valence-corrected chi connectivity index (χ0v) is 18.5. The number of rotatable bonds is 11. The van der Waals surface area contributed by atoms with Crippen molar-refractivity contribution < 1.29 is 19.3 Å². The molecule has 1 saturated carbocycles. The van der Waals surface area contributed by atoms with Gasteiger partial charge in [0.1, 0.15) is 11.5 Å². The Bertz CT molecular complexity index is 738. The predicted molar refractivity (Wildman–Crippen MR) is 120 cm³/mol. The SMILES string of the molecule is CCCCCNCC1CCC(CC(=O)C[C@H]2Cc3cccc(C(C)=O)c3OB2O)C1. The Morgan fingerprint density at radius 3 is 2.77 bits per heavy atom. The molecule has 3 atom stereocenters. The van der Waals surface area contributed by atoms with Crippen LogP contribution < -0.4 is 9.97 Å². The fraction of sp³-hybridized carbons (Fsp3) is 0.667. The Hall–Kier alpha value is -1.66. The van der Waals surface area contributed by atoms with Crippen LogP contribution in [0.5, 0.6) is 5.75 Å². The summed E-state index contributed by atoms with van der Waals surface area (Å²) in [6.45, 7) is 5.88. The largest absolute Gasteiger partial charge is 0.535 e. The Labute approximate surface area is 181 Å². The lowest BCUT2D eigenvalue weighted by atomic mass is 9.64. The molecule has 1 fully saturated rings. The third-order valence-electron chi connectivity index (χ3n) is 6.65. The first-order valence-corrected chi connectivity index (χ1v) is 11.7. The highest BCUT2D eigenvalue weighted by molar-refractivity contribution is 6.47. The summed E-state index contributed by atoms with van der Waals surface area (Å²) in [5.74, 6) is 1.53. The van der Waals surface area contributed by atoms with Gasteiger partial charge < -0.3 is 15.0 Å². The second-order valence-electron chi connectivity index (χ2n) is 9.23. The van der Waals surface area contributed by atoms with Crippen molar-refractivity contribution in [1.29, 1.82) is 0 Å².